The highest BCUT2D eigenvalue weighted by atomic mass is 16.5. The molecule has 0 spiro atoms. The fourth-order valence-electron chi connectivity index (χ4n) is 3.02. The van der Waals surface area contributed by atoms with E-state index < -0.39 is 11.9 Å². The molecule has 0 aliphatic heterocycles. The first kappa shape index (κ1) is 16.9. The molecule has 0 amide bonds. The molecular weight excluding hydrogens is 312 g/mol. The van der Waals surface area contributed by atoms with Crippen LogP contribution >= 0.6 is 0 Å². The highest BCUT2D eigenvalue weighted by molar-refractivity contribution is 6.09. The molecule has 0 radical (unpaired) electrons. The van der Waals surface area contributed by atoms with Crippen LogP contribution < -0.4 is 0 Å². The molecule has 0 aromatic heterocycles. The number of ketones is 1. The zero-order valence-electron chi connectivity index (χ0n) is 14.1. The molecule has 3 aromatic carbocycles. The highest BCUT2D eigenvalue weighted by Gasteiger charge is 2.29. The van der Waals surface area contributed by atoms with Crippen molar-refractivity contribution >= 4 is 22.5 Å². The van der Waals surface area contributed by atoms with E-state index in [0.29, 0.717) is 12.0 Å². The summed E-state index contributed by atoms with van der Waals surface area (Å²) in [5, 5.41) is 2.15. The Balaban J connectivity index is 1.97. The van der Waals surface area contributed by atoms with Gasteiger partial charge in [-0.15, -0.1) is 0 Å². The number of carbonyl (C=O) groups excluding carboxylic acids is 2. The third kappa shape index (κ3) is 3.77. The predicted octanol–water partition coefficient (Wildman–Crippen LogP) is 4.44. The molecule has 0 saturated carbocycles. The molecule has 0 aliphatic rings. The lowest BCUT2D eigenvalue weighted by Crippen LogP contribution is -2.28. The number of Topliss-reactive ketones (excluding diaryl/α,β-unsaturated/α-hetero) is 1. The third-order valence-electron chi connectivity index (χ3n) is 4.25. The summed E-state index contributed by atoms with van der Waals surface area (Å²) in [6.07, 6.45) is 0.327. The van der Waals surface area contributed by atoms with Crippen LogP contribution in [0, 0.1) is 5.92 Å². The minimum atomic E-state index is -0.840. The van der Waals surface area contributed by atoms with Crippen molar-refractivity contribution in [3.05, 3.63) is 83.9 Å². The number of benzene rings is 3. The minimum absolute atomic E-state index is 0.202. The summed E-state index contributed by atoms with van der Waals surface area (Å²) in [7, 11) is 0. The van der Waals surface area contributed by atoms with Gasteiger partial charge in [0.1, 0.15) is 5.92 Å². The smallest absolute Gasteiger partial charge is 0.317 e. The maximum atomic E-state index is 12.9. The number of esters is 1. The normalized spacial score (nSPS) is 11.9. The SMILES string of the molecule is CCOC(=O)C(Cc1cccc2ccccc12)C(=O)c1ccccc1. The van der Waals surface area contributed by atoms with Gasteiger partial charge in [-0.3, -0.25) is 9.59 Å². The molecule has 0 bridgehead atoms. The Morgan fingerprint density at radius 2 is 1.56 bits per heavy atom. The molecule has 3 heteroatoms. The van der Waals surface area contributed by atoms with Gasteiger partial charge in [0, 0.05) is 5.56 Å². The van der Waals surface area contributed by atoms with Crippen molar-refractivity contribution in [3.63, 3.8) is 0 Å². The second-order valence-electron chi connectivity index (χ2n) is 5.88. The molecule has 0 N–H and O–H groups in total. The van der Waals surface area contributed by atoms with Crippen molar-refractivity contribution in [2.75, 3.05) is 6.61 Å². The lowest BCUT2D eigenvalue weighted by atomic mass is 9.89. The Labute approximate surface area is 147 Å². The first-order valence-corrected chi connectivity index (χ1v) is 8.43. The summed E-state index contributed by atoms with van der Waals surface area (Å²) >= 11 is 0. The third-order valence-corrected chi connectivity index (χ3v) is 4.25. The minimum Gasteiger partial charge on any atom is -0.465 e. The van der Waals surface area contributed by atoms with Gasteiger partial charge in [-0.2, -0.15) is 0 Å². The monoisotopic (exact) mass is 332 g/mol. The first-order chi connectivity index (χ1) is 12.2. The standard InChI is InChI=1S/C22H20O3/c1-2-25-22(24)20(21(23)17-10-4-3-5-11-17)15-18-13-8-12-16-9-6-7-14-19(16)18/h3-14,20H,2,15H2,1H3. The van der Waals surface area contributed by atoms with Crippen molar-refractivity contribution < 1.29 is 14.3 Å². The number of fused-ring (bicyclic) bond motifs is 1. The summed E-state index contributed by atoms with van der Waals surface area (Å²) in [6.45, 7) is 2.01. The van der Waals surface area contributed by atoms with Crippen LogP contribution in [0.3, 0.4) is 0 Å². The maximum absolute atomic E-state index is 12.9. The number of rotatable bonds is 6. The van der Waals surface area contributed by atoms with Gasteiger partial charge in [0.2, 0.25) is 0 Å². The Kier molecular flexibility index (Phi) is 5.24. The van der Waals surface area contributed by atoms with Crippen LogP contribution in [0.4, 0.5) is 0 Å². The number of carbonyl (C=O) groups is 2. The van der Waals surface area contributed by atoms with Crippen LogP contribution in [0.2, 0.25) is 0 Å². The van der Waals surface area contributed by atoms with E-state index in [1.165, 1.54) is 0 Å². The average molecular weight is 332 g/mol. The lowest BCUT2D eigenvalue weighted by molar-refractivity contribution is -0.146. The van der Waals surface area contributed by atoms with E-state index in [0.717, 1.165) is 16.3 Å². The van der Waals surface area contributed by atoms with E-state index in [4.69, 9.17) is 4.74 Å². The number of hydrogen-bond acceptors (Lipinski definition) is 3. The fraction of sp³-hybridized carbons (Fsp3) is 0.182. The van der Waals surface area contributed by atoms with Gasteiger partial charge in [-0.1, -0.05) is 72.8 Å². The van der Waals surface area contributed by atoms with Crippen molar-refractivity contribution in [3.8, 4) is 0 Å². The molecule has 0 fully saturated rings. The van der Waals surface area contributed by atoms with E-state index in [-0.39, 0.29) is 12.4 Å². The first-order valence-electron chi connectivity index (χ1n) is 8.43. The summed E-state index contributed by atoms with van der Waals surface area (Å²) < 4.78 is 5.17. The van der Waals surface area contributed by atoms with E-state index in [1.807, 2.05) is 48.5 Å². The van der Waals surface area contributed by atoms with Crippen molar-refractivity contribution in [1.29, 1.82) is 0 Å². The molecule has 3 aromatic rings. The zero-order chi connectivity index (χ0) is 17.6. The largest absolute Gasteiger partial charge is 0.465 e. The van der Waals surface area contributed by atoms with Crippen molar-refractivity contribution in [2.45, 2.75) is 13.3 Å². The summed E-state index contributed by atoms with van der Waals surface area (Å²) in [5.74, 6) is -1.51. The zero-order valence-corrected chi connectivity index (χ0v) is 14.1. The molecule has 1 atom stereocenters. The molecule has 126 valence electrons. The van der Waals surface area contributed by atoms with Crippen LogP contribution in [-0.2, 0) is 16.0 Å². The number of hydrogen-bond donors (Lipinski definition) is 0. The van der Waals surface area contributed by atoms with E-state index >= 15 is 0 Å². The van der Waals surface area contributed by atoms with Gasteiger partial charge in [-0.05, 0) is 29.7 Å². The molecule has 3 rings (SSSR count). The van der Waals surface area contributed by atoms with Gasteiger partial charge in [0.25, 0.3) is 0 Å². The van der Waals surface area contributed by atoms with E-state index in [9.17, 15) is 9.59 Å². The fourth-order valence-corrected chi connectivity index (χ4v) is 3.02. The molecular formula is C22H20O3. The molecule has 1 unspecified atom stereocenters. The van der Waals surface area contributed by atoms with Crippen LogP contribution in [0.15, 0.2) is 72.8 Å². The molecule has 25 heavy (non-hydrogen) atoms. The predicted molar refractivity (Wildman–Crippen MR) is 98.5 cm³/mol. The number of ether oxygens (including phenoxy) is 1. The van der Waals surface area contributed by atoms with E-state index in [2.05, 4.69) is 0 Å². The molecule has 0 saturated heterocycles. The summed E-state index contributed by atoms with van der Waals surface area (Å²) in [6, 6.07) is 22.8. The van der Waals surface area contributed by atoms with Gasteiger partial charge in [0.15, 0.2) is 5.78 Å². The maximum Gasteiger partial charge on any atom is 0.317 e. The molecule has 3 nitrogen and oxygen atoms in total. The Morgan fingerprint density at radius 3 is 2.32 bits per heavy atom. The van der Waals surface area contributed by atoms with Gasteiger partial charge in [0.05, 0.1) is 6.61 Å². The quantitative estimate of drug-likeness (QED) is 0.381. The molecule has 0 aliphatic carbocycles. The highest BCUT2D eigenvalue weighted by Crippen LogP contribution is 2.23. The van der Waals surface area contributed by atoms with E-state index in [1.54, 1.807) is 31.2 Å². The second-order valence-corrected chi connectivity index (χ2v) is 5.88. The van der Waals surface area contributed by atoms with Gasteiger partial charge < -0.3 is 4.74 Å². The van der Waals surface area contributed by atoms with Crippen LogP contribution in [0.1, 0.15) is 22.8 Å². The topological polar surface area (TPSA) is 43.4 Å². The van der Waals surface area contributed by atoms with Crippen molar-refractivity contribution in [2.24, 2.45) is 5.92 Å². The van der Waals surface area contributed by atoms with Crippen LogP contribution in [0.25, 0.3) is 10.8 Å². The van der Waals surface area contributed by atoms with Crippen LogP contribution in [-0.4, -0.2) is 18.4 Å². The van der Waals surface area contributed by atoms with Gasteiger partial charge in [-0.25, -0.2) is 0 Å². The second kappa shape index (κ2) is 7.75. The average Bonchev–Trinajstić information content (AvgIpc) is 2.66. The Bertz CT molecular complexity index is 879. The van der Waals surface area contributed by atoms with Crippen LogP contribution in [0.5, 0.6) is 0 Å². The lowest BCUT2D eigenvalue weighted by Gasteiger charge is -2.16. The Hall–Kier alpha value is -2.94. The van der Waals surface area contributed by atoms with Gasteiger partial charge >= 0.3 is 5.97 Å². The van der Waals surface area contributed by atoms with Crippen molar-refractivity contribution in [1.82, 2.24) is 0 Å². The summed E-state index contributed by atoms with van der Waals surface area (Å²) in [5.41, 5.74) is 1.50. The molecule has 0 heterocycles. The Morgan fingerprint density at radius 1 is 0.880 bits per heavy atom. The summed E-state index contributed by atoms with van der Waals surface area (Å²) in [4.78, 5) is 25.4.